The largest absolute Gasteiger partial charge is 0.378 e. The van der Waals surface area contributed by atoms with E-state index >= 15 is 0 Å². The van der Waals surface area contributed by atoms with Crippen LogP contribution in [0, 0.1) is 11.7 Å². The molecule has 1 heterocycles. The number of nitrogens with zero attached hydrogens (tertiary/aromatic N) is 2. The number of benzene rings is 2. The van der Waals surface area contributed by atoms with Crippen molar-refractivity contribution in [2.24, 2.45) is 5.92 Å². The third-order valence-corrected chi connectivity index (χ3v) is 6.66. The van der Waals surface area contributed by atoms with Crippen LogP contribution >= 0.6 is 0 Å². The van der Waals surface area contributed by atoms with E-state index in [0.717, 1.165) is 31.5 Å². The molecule has 0 bridgehead atoms. The fourth-order valence-electron chi connectivity index (χ4n) is 4.55. The first kappa shape index (κ1) is 24.1. The molecular formula is C26H30F3N3O2. The molecule has 0 radical (unpaired) electrons. The van der Waals surface area contributed by atoms with Crippen molar-refractivity contribution in [2.75, 3.05) is 25.5 Å². The number of rotatable bonds is 7. The summed E-state index contributed by atoms with van der Waals surface area (Å²) in [6.45, 7) is 1.19. The highest BCUT2D eigenvalue weighted by molar-refractivity contribution is 5.98. The molecule has 1 aliphatic carbocycles. The van der Waals surface area contributed by atoms with Crippen LogP contribution in [0.3, 0.4) is 0 Å². The summed E-state index contributed by atoms with van der Waals surface area (Å²) in [5.41, 5.74) is 1.20. The van der Waals surface area contributed by atoms with Gasteiger partial charge in [-0.05, 0) is 55.9 Å². The second-order valence-corrected chi connectivity index (χ2v) is 9.55. The number of amides is 2. The lowest BCUT2D eigenvalue weighted by molar-refractivity contribution is -0.125. The summed E-state index contributed by atoms with van der Waals surface area (Å²) < 4.78 is 42.0. The van der Waals surface area contributed by atoms with Gasteiger partial charge in [0.2, 0.25) is 5.91 Å². The molecular weight excluding hydrogens is 443 g/mol. The van der Waals surface area contributed by atoms with E-state index in [9.17, 15) is 22.8 Å². The minimum atomic E-state index is -3.15. The predicted octanol–water partition coefficient (Wildman–Crippen LogP) is 4.88. The second-order valence-electron chi connectivity index (χ2n) is 9.55. The number of carbonyl (C=O) groups is 2. The zero-order valence-corrected chi connectivity index (χ0v) is 19.7. The number of anilines is 1. The smallest absolute Gasteiger partial charge is 0.270 e. The van der Waals surface area contributed by atoms with E-state index in [-0.39, 0.29) is 23.3 Å². The molecule has 2 aromatic carbocycles. The molecule has 2 aliphatic rings. The highest BCUT2D eigenvalue weighted by Crippen LogP contribution is 2.42. The lowest BCUT2D eigenvalue weighted by Crippen LogP contribution is -2.47. The van der Waals surface area contributed by atoms with Gasteiger partial charge in [-0.15, -0.1) is 0 Å². The van der Waals surface area contributed by atoms with Gasteiger partial charge >= 0.3 is 0 Å². The molecule has 2 fully saturated rings. The van der Waals surface area contributed by atoms with E-state index in [0.29, 0.717) is 24.9 Å². The summed E-state index contributed by atoms with van der Waals surface area (Å²) >= 11 is 0. The van der Waals surface area contributed by atoms with E-state index < -0.39 is 29.4 Å². The third kappa shape index (κ3) is 5.05. The predicted molar refractivity (Wildman–Crippen MR) is 124 cm³/mol. The highest BCUT2D eigenvalue weighted by Gasteiger charge is 2.40. The van der Waals surface area contributed by atoms with Crippen molar-refractivity contribution in [3.8, 4) is 0 Å². The SMILES string of the molecule is CN(C)c1cccc(C(=O)N2CCC[C@@H]2C(=O)N[C@@H](c2ccc(C(C)(F)F)cc2F)C2CC2)c1. The van der Waals surface area contributed by atoms with Crippen molar-refractivity contribution < 1.29 is 22.8 Å². The third-order valence-electron chi connectivity index (χ3n) is 6.66. The average molecular weight is 474 g/mol. The molecule has 34 heavy (non-hydrogen) atoms. The van der Waals surface area contributed by atoms with Crippen molar-refractivity contribution in [1.82, 2.24) is 10.2 Å². The minimum absolute atomic E-state index is 0.0498. The maximum Gasteiger partial charge on any atom is 0.270 e. The van der Waals surface area contributed by atoms with Gasteiger partial charge in [0, 0.05) is 49.9 Å². The van der Waals surface area contributed by atoms with Gasteiger partial charge in [0.1, 0.15) is 11.9 Å². The Hall–Kier alpha value is -3.03. The molecule has 0 unspecified atom stereocenters. The second kappa shape index (κ2) is 9.31. The van der Waals surface area contributed by atoms with E-state index in [1.807, 2.05) is 31.1 Å². The number of hydrogen-bond acceptors (Lipinski definition) is 3. The summed E-state index contributed by atoms with van der Waals surface area (Å²) in [6, 6.07) is 9.38. The van der Waals surface area contributed by atoms with Crippen molar-refractivity contribution in [3.05, 3.63) is 65.0 Å². The Morgan fingerprint density at radius 2 is 1.85 bits per heavy atom. The number of halogens is 3. The van der Waals surface area contributed by atoms with Gasteiger partial charge in [-0.1, -0.05) is 18.2 Å². The molecule has 5 nitrogen and oxygen atoms in total. The van der Waals surface area contributed by atoms with Crippen molar-refractivity contribution >= 4 is 17.5 Å². The van der Waals surface area contributed by atoms with Gasteiger partial charge in [0.05, 0.1) is 6.04 Å². The lowest BCUT2D eigenvalue weighted by Gasteiger charge is -2.27. The maximum atomic E-state index is 14.8. The number of alkyl halides is 2. The van der Waals surface area contributed by atoms with Crippen LogP contribution < -0.4 is 10.2 Å². The summed E-state index contributed by atoms with van der Waals surface area (Å²) in [5.74, 6) is -4.41. The van der Waals surface area contributed by atoms with Crippen LogP contribution in [0.2, 0.25) is 0 Å². The maximum absolute atomic E-state index is 14.8. The Morgan fingerprint density at radius 1 is 1.12 bits per heavy atom. The van der Waals surface area contributed by atoms with Crippen LogP contribution in [0.5, 0.6) is 0 Å². The van der Waals surface area contributed by atoms with Crippen molar-refractivity contribution in [2.45, 2.75) is 50.6 Å². The molecule has 2 aromatic rings. The van der Waals surface area contributed by atoms with Gasteiger partial charge in [-0.2, -0.15) is 0 Å². The van der Waals surface area contributed by atoms with Crippen molar-refractivity contribution in [1.29, 1.82) is 0 Å². The van der Waals surface area contributed by atoms with E-state index in [2.05, 4.69) is 5.32 Å². The zero-order valence-electron chi connectivity index (χ0n) is 19.7. The molecule has 4 rings (SSSR count). The van der Waals surface area contributed by atoms with Crippen LogP contribution in [-0.2, 0) is 10.7 Å². The van der Waals surface area contributed by atoms with Gasteiger partial charge in [0.15, 0.2) is 0 Å². The Morgan fingerprint density at radius 3 is 2.47 bits per heavy atom. The van der Waals surface area contributed by atoms with Crippen LogP contribution in [0.1, 0.15) is 60.1 Å². The minimum Gasteiger partial charge on any atom is -0.378 e. The number of hydrogen-bond donors (Lipinski definition) is 1. The molecule has 182 valence electrons. The fourth-order valence-corrected chi connectivity index (χ4v) is 4.55. The van der Waals surface area contributed by atoms with Gasteiger partial charge in [0.25, 0.3) is 11.8 Å². The standard InChI is InChI=1S/C26H30F3N3O2/c1-26(28,29)18-11-12-20(21(27)15-18)23(16-9-10-16)30-24(33)22-8-5-13-32(22)25(34)17-6-4-7-19(14-17)31(2)3/h4,6-7,11-12,14-16,22-23H,5,8-10,13H2,1-3H3,(H,30,33)/t22-,23-/m1/s1. The van der Waals surface area contributed by atoms with Crippen molar-refractivity contribution in [3.63, 3.8) is 0 Å². The first-order valence-corrected chi connectivity index (χ1v) is 11.6. The quantitative estimate of drug-likeness (QED) is 0.624. The van der Waals surface area contributed by atoms with Crippen LogP contribution in [-0.4, -0.2) is 43.4 Å². The summed E-state index contributed by atoms with van der Waals surface area (Å²) in [7, 11) is 3.78. The summed E-state index contributed by atoms with van der Waals surface area (Å²) in [6.07, 6.45) is 2.85. The molecule has 2 amide bonds. The highest BCUT2D eigenvalue weighted by atomic mass is 19.3. The van der Waals surface area contributed by atoms with Gasteiger partial charge in [-0.3, -0.25) is 9.59 Å². The fraction of sp³-hybridized carbons (Fsp3) is 0.462. The lowest BCUT2D eigenvalue weighted by atomic mass is 9.98. The Labute approximate surface area is 197 Å². The number of carbonyl (C=O) groups excluding carboxylic acids is 2. The van der Waals surface area contributed by atoms with Crippen LogP contribution in [0.25, 0.3) is 0 Å². The Kier molecular flexibility index (Phi) is 6.60. The Balaban J connectivity index is 1.52. The van der Waals surface area contributed by atoms with E-state index in [1.165, 1.54) is 12.1 Å². The zero-order chi connectivity index (χ0) is 24.6. The first-order chi connectivity index (χ1) is 16.1. The summed E-state index contributed by atoms with van der Waals surface area (Å²) in [4.78, 5) is 30.0. The van der Waals surface area contributed by atoms with E-state index in [4.69, 9.17) is 0 Å². The number of likely N-dealkylation sites (tertiary alicyclic amines) is 1. The monoisotopic (exact) mass is 473 g/mol. The van der Waals surface area contributed by atoms with Crippen LogP contribution in [0.4, 0.5) is 18.9 Å². The molecule has 1 saturated carbocycles. The molecule has 0 aromatic heterocycles. The van der Waals surface area contributed by atoms with Gasteiger partial charge in [-0.25, -0.2) is 13.2 Å². The molecule has 8 heteroatoms. The molecule has 1 N–H and O–H groups in total. The van der Waals surface area contributed by atoms with E-state index in [1.54, 1.807) is 17.0 Å². The number of nitrogens with one attached hydrogen (secondary N) is 1. The Bertz CT molecular complexity index is 1080. The van der Waals surface area contributed by atoms with Gasteiger partial charge < -0.3 is 15.1 Å². The topological polar surface area (TPSA) is 52.7 Å². The molecule has 1 saturated heterocycles. The molecule has 0 spiro atoms. The first-order valence-electron chi connectivity index (χ1n) is 11.6. The average Bonchev–Trinajstić information content (AvgIpc) is 3.51. The van der Waals surface area contributed by atoms with Crippen LogP contribution in [0.15, 0.2) is 42.5 Å². The summed E-state index contributed by atoms with van der Waals surface area (Å²) in [5, 5.41) is 2.93. The normalized spacial score (nSPS) is 19.1. The molecule has 2 atom stereocenters. The molecule has 1 aliphatic heterocycles.